The van der Waals surface area contributed by atoms with Gasteiger partial charge in [0.2, 0.25) is 0 Å². The third kappa shape index (κ3) is 4.71. The number of para-hydroxylation sites is 1. The molecule has 0 radical (unpaired) electrons. The van der Waals surface area contributed by atoms with Crippen molar-refractivity contribution in [3.8, 4) is 34.0 Å². The smallest absolute Gasteiger partial charge is 0.164 e. The first-order chi connectivity index (χ1) is 26.3. The fourth-order valence-electron chi connectivity index (χ4n) is 8.12. The number of rotatable bonds is 4. The maximum absolute atomic E-state index is 6.84. The summed E-state index contributed by atoms with van der Waals surface area (Å²) in [6.45, 7) is 0. The highest BCUT2D eigenvalue weighted by molar-refractivity contribution is 6.27. The highest BCUT2D eigenvalue weighted by Gasteiger charge is 2.23. The molecule has 0 N–H and O–H groups in total. The first kappa shape index (κ1) is 29.7. The van der Waals surface area contributed by atoms with E-state index in [1.807, 2.05) is 48.5 Å². The molecule has 0 aliphatic heterocycles. The highest BCUT2D eigenvalue weighted by atomic mass is 16.3. The fraction of sp³-hybridized carbons (Fsp3) is 0.0417. The van der Waals surface area contributed by atoms with Crippen molar-refractivity contribution in [1.82, 2.24) is 19.9 Å². The molecule has 0 bridgehead atoms. The van der Waals surface area contributed by atoms with Crippen LogP contribution in [0.15, 0.2) is 168 Å². The van der Waals surface area contributed by atoms with E-state index in [9.17, 15) is 0 Å². The molecule has 1 atom stereocenters. The zero-order valence-corrected chi connectivity index (χ0v) is 28.6. The van der Waals surface area contributed by atoms with E-state index in [4.69, 9.17) is 24.4 Å². The minimum atomic E-state index is 0.0521. The van der Waals surface area contributed by atoms with Gasteiger partial charge in [0.25, 0.3) is 0 Å². The van der Waals surface area contributed by atoms with E-state index in [0.717, 1.165) is 67.5 Å². The average molecular weight is 679 g/mol. The lowest BCUT2D eigenvalue weighted by Gasteiger charge is -2.15. The Balaban J connectivity index is 1.20. The highest BCUT2D eigenvalue weighted by Crippen LogP contribution is 2.44. The second kappa shape index (κ2) is 11.8. The molecular weight excluding hydrogens is 649 g/mol. The number of aromatic nitrogens is 4. The van der Waals surface area contributed by atoms with E-state index >= 15 is 0 Å². The summed E-state index contributed by atoms with van der Waals surface area (Å²) in [5.41, 5.74) is 6.12. The minimum absolute atomic E-state index is 0.0521. The van der Waals surface area contributed by atoms with Gasteiger partial charge in [-0.05, 0) is 56.9 Å². The van der Waals surface area contributed by atoms with Gasteiger partial charge in [0.05, 0.1) is 22.0 Å². The quantitative estimate of drug-likeness (QED) is 0.173. The summed E-state index contributed by atoms with van der Waals surface area (Å²) in [5.74, 6) is 2.04. The van der Waals surface area contributed by atoms with Crippen LogP contribution in [0.1, 0.15) is 18.2 Å². The van der Waals surface area contributed by atoms with Crippen LogP contribution in [0.4, 0.5) is 0 Å². The number of allylic oxidation sites excluding steroid dienone is 4. The first-order valence-electron chi connectivity index (χ1n) is 18.0. The second-order valence-electron chi connectivity index (χ2n) is 13.7. The van der Waals surface area contributed by atoms with E-state index in [1.165, 1.54) is 32.3 Å². The molecule has 7 aromatic carbocycles. The lowest BCUT2D eigenvalue weighted by atomic mass is 9.92. The Morgan fingerprint density at radius 2 is 1.17 bits per heavy atom. The Kier molecular flexibility index (Phi) is 6.61. The molecule has 1 aliphatic carbocycles. The number of furan rings is 1. The predicted octanol–water partition coefficient (Wildman–Crippen LogP) is 12.4. The van der Waals surface area contributed by atoms with Crippen molar-refractivity contribution in [3.63, 3.8) is 0 Å². The normalized spacial score (nSPS) is 14.4. The molecule has 0 fully saturated rings. The van der Waals surface area contributed by atoms with Crippen molar-refractivity contribution < 1.29 is 4.42 Å². The number of fused-ring (bicyclic) bond motifs is 11. The molecule has 11 rings (SSSR count). The molecule has 5 nitrogen and oxygen atoms in total. The Bertz CT molecular complexity index is 3120. The van der Waals surface area contributed by atoms with E-state index in [-0.39, 0.29) is 5.92 Å². The summed E-state index contributed by atoms with van der Waals surface area (Å²) in [6, 6.07) is 48.7. The van der Waals surface area contributed by atoms with Gasteiger partial charge < -0.3 is 4.42 Å². The molecule has 3 aromatic heterocycles. The number of pyridine rings is 1. The molecule has 0 spiro atoms. The van der Waals surface area contributed by atoms with Crippen LogP contribution < -0.4 is 0 Å². The number of hydrogen-bond donors (Lipinski definition) is 0. The second-order valence-corrected chi connectivity index (χ2v) is 13.7. The van der Waals surface area contributed by atoms with E-state index in [2.05, 4.69) is 115 Å². The van der Waals surface area contributed by atoms with Crippen LogP contribution in [0.2, 0.25) is 0 Å². The molecule has 10 aromatic rings. The van der Waals surface area contributed by atoms with Gasteiger partial charge in [-0.15, -0.1) is 0 Å². The van der Waals surface area contributed by atoms with Crippen molar-refractivity contribution in [2.24, 2.45) is 0 Å². The third-order valence-corrected chi connectivity index (χ3v) is 10.6. The summed E-state index contributed by atoms with van der Waals surface area (Å²) in [4.78, 5) is 20.7. The van der Waals surface area contributed by atoms with Gasteiger partial charge in [0.1, 0.15) is 17.0 Å². The summed E-state index contributed by atoms with van der Waals surface area (Å²) in [5, 5.41) is 10.3. The summed E-state index contributed by atoms with van der Waals surface area (Å²) >= 11 is 0. The monoisotopic (exact) mass is 678 g/mol. The van der Waals surface area contributed by atoms with Crippen LogP contribution in [0.3, 0.4) is 0 Å². The van der Waals surface area contributed by atoms with Gasteiger partial charge in [-0.25, -0.2) is 19.9 Å². The van der Waals surface area contributed by atoms with Gasteiger partial charge in [-0.3, -0.25) is 0 Å². The lowest BCUT2D eigenvalue weighted by molar-refractivity contribution is 0.672. The van der Waals surface area contributed by atoms with Crippen molar-refractivity contribution >= 4 is 65.2 Å². The van der Waals surface area contributed by atoms with Crippen LogP contribution in [-0.2, 0) is 0 Å². The molecule has 5 heteroatoms. The summed E-state index contributed by atoms with van der Waals surface area (Å²) in [7, 11) is 0. The molecule has 1 unspecified atom stereocenters. The van der Waals surface area contributed by atoms with Crippen molar-refractivity contribution in [3.05, 3.63) is 170 Å². The summed E-state index contributed by atoms with van der Waals surface area (Å²) < 4.78 is 6.84. The van der Waals surface area contributed by atoms with Crippen molar-refractivity contribution in [2.75, 3.05) is 0 Å². The number of hydrogen-bond acceptors (Lipinski definition) is 5. The Morgan fingerprint density at radius 3 is 1.92 bits per heavy atom. The molecule has 0 saturated carbocycles. The van der Waals surface area contributed by atoms with Gasteiger partial charge in [-0.2, -0.15) is 0 Å². The Labute approximate surface area is 304 Å². The maximum atomic E-state index is 6.84. The lowest BCUT2D eigenvalue weighted by Crippen LogP contribution is -2.08. The van der Waals surface area contributed by atoms with Gasteiger partial charge >= 0.3 is 0 Å². The van der Waals surface area contributed by atoms with Crippen LogP contribution >= 0.6 is 0 Å². The Hall–Kier alpha value is -6.98. The summed E-state index contributed by atoms with van der Waals surface area (Å²) in [6.07, 6.45) is 9.30. The standard InChI is InChI=1S/C48H30N4O/c1-3-14-29(15-4-1)46-50-47(30-16-5-2-6-17-30)52-48(51-46)38-23-13-24-40-42(38)45-43(37-22-11-12-25-41(37)53-45)44(49-40)31-26-27-36-34-20-8-7-18-32(34)33-19-9-10-21-35(33)39(36)28-31/h1-16,18-28,30H,17H2. The molecule has 248 valence electrons. The van der Waals surface area contributed by atoms with E-state index < -0.39 is 0 Å². The number of nitrogens with zero attached hydrogens (tertiary/aromatic N) is 4. The number of benzene rings is 7. The zero-order valence-electron chi connectivity index (χ0n) is 28.6. The minimum Gasteiger partial charge on any atom is -0.455 e. The van der Waals surface area contributed by atoms with Crippen LogP contribution in [0, 0.1) is 0 Å². The molecular formula is C48H30N4O. The molecule has 1 aliphatic rings. The third-order valence-electron chi connectivity index (χ3n) is 10.6. The average Bonchev–Trinajstić information content (AvgIpc) is 3.63. The van der Waals surface area contributed by atoms with Gasteiger partial charge in [-0.1, -0.05) is 146 Å². The van der Waals surface area contributed by atoms with Gasteiger partial charge in [0.15, 0.2) is 11.6 Å². The SMILES string of the molecule is C1=CCC(c2nc(-c3ccccc3)nc(-c3cccc4nc(-c5ccc6c7ccccc7c7ccccc7c6c5)c5c6ccccc6oc5c34)n2)C=C1. The fourth-order valence-corrected chi connectivity index (χ4v) is 8.12. The van der Waals surface area contributed by atoms with Crippen molar-refractivity contribution in [1.29, 1.82) is 0 Å². The van der Waals surface area contributed by atoms with Crippen LogP contribution in [0.5, 0.6) is 0 Å². The zero-order chi connectivity index (χ0) is 34.9. The maximum Gasteiger partial charge on any atom is 0.164 e. The molecule has 0 saturated heterocycles. The first-order valence-corrected chi connectivity index (χ1v) is 18.0. The van der Waals surface area contributed by atoms with Crippen molar-refractivity contribution in [2.45, 2.75) is 12.3 Å². The van der Waals surface area contributed by atoms with Crippen LogP contribution in [0.25, 0.3) is 99.2 Å². The predicted molar refractivity (Wildman–Crippen MR) is 217 cm³/mol. The van der Waals surface area contributed by atoms with E-state index in [1.54, 1.807) is 0 Å². The molecule has 53 heavy (non-hydrogen) atoms. The molecule has 3 heterocycles. The van der Waals surface area contributed by atoms with E-state index in [0.29, 0.717) is 11.6 Å². The topological polar surface area (TPSA) is 64.7 Å². The Morgan fingerprint density at radius 1 is 0.491 bits per heavy atom. The van der Waals surface area contributed by atoms with Gasteiger partial charge in [0, 0.05) is 28.0 Å². The van der Waals surface area contributed by atoms with Crippen LogP contribution in [-0.4, -0.2) is 19.9 Å². The largest absolute Gasteiger partial charge is 0.455 e. The molecule has 0 amide bonds.